The zero-order valence-electron chi connectivity index (χ0n) is 10.9. The fraction of sp³-hybridized carbons (Fsp3) is 0.923. The number of rotatable bonds is 4. The monoisotopic (exact) mass is 240 g/mol. The largest absolute Gasteiger partial charge is 0.450 e. The molecular formula is C13H24N2O2. The molecule has 4 heteroatoms. The van der Waals surface area contributed by atoms with Crippen LogP contribution in [0.1, 0.15) is 39.5 Å². The van der Waals surface area contributed by atoms with Gasteiger partial charge in [0.25, 0.3) is 0 Å². The van der Waals surface area contributed by atoms with Crippen LogP contribution in [-0.4, -0.2) is 42.8 Å². The summed E-state index contributed by atoms with van der Waals surface area (Å²) in [5.41, 5.74) is 0. The van der Waals surface area contributed by atoms with Crippen molar-refractivity contribution in [2.45, 2.75) is 51.6 Å². The molecule has 1 heterocycles. The third kappa shape index (κ3) is 3.60. The van der Waals surface area contributed by atoms with Crippen LogP contribution < -0.4 is 5.32 Å². The van der Waals surface area contributed by atoms with Gasteiger partial charge in [0.1, 0.15) is 0 Å². The Labute approximate surface area is 104 Å². The molecule has 4 nitrogen and oxygen atoms in total. The van der Waals surface area contributed by atoms with Gasteiger partial charge >= 0.3 is 6.09 Å². The first-order valence-corrected chi connectivity index (χ1v) is 6.88. The summed E-state index contributed by atoms with van der Waals surface area (Å²) in [6, 6.07) is 0.950. The van der Waals surface area contributed by atoms with Crippen molar-refractivity contribution in [1.29, 1.82) is 0 Å². The second-order valence-corrected chi connectivity index (χ2v) is 5.28. The molecular weight excluding hydrogens is 216 g/mol. The van der Waals surface area contributed by atoms with Crippen LogP contribution in [0.15, 0.2) is 0 Å². The van der Waals surface area contributed by atoms with Crippen molar-refractivity contribution in [2.24, 2.45) is 5.92 Å². The van der Waals surface area contributed by atoms with Gasteiger partial charge in [0.15, 0.2) is 0 Å². The lowest BCUT2D eigenvalue weighted by atomic mass is 10.0. The summed E-state index contributed by atoms with van der Waals surface area (Å²) < 4.78 is 4.93. The lowest BCUT2D eigenvalue weighted by molar-refractivity contribution is 0.115. The molecule has 2 rings (SSSR count). The minimum absolute atomic E-state index is 0.265. The molecule has 2 fully saturated rings. The number of amides is 1. The maximum absolute atomic E-state index is 11.4. The Morgan fingerprint density at radius 1 is 1.47 bits per heavy atom. The Morgan fingerprint density at radius 3 is 2.88 bits per heavy atom. The van der Waals surface area contributed by atoms with Gasteiger partial charge in [0.05, 0.1) is 6.61 Å². The normalized spacial score (nSPS) is 27.5. The summed E-state index contributed by atoms with van der Waals surface area (Å²) in [6.07, 6.45) is 4.75. The van der Waals surface area contributed by atoms with Crippen LogP contribution in [0.2, 0.25) is 0 Å². The third-order valence-electron chi connectivity index (χ3n) is 3.93. The van der Waals surface area contributed by atoms with E-state index in [1.165, 1.54) is 25.8 Å². The molecule has 1 saturated heterocycles. The predicted molar refractivity (Wildman–Crippen MR) is 66.9 cm³/mol. The second kappa shape index (κ2) is 5.71. The highest BCUT2D eigenvalue weighted by Gasteiger charge is 2.34. The molecule has 2 unspecified atom stereocenters. The summed E-state index contributed by atoms with van der Waals surface area (Å²) in [5, 5.41) is 2.96. The number of carbonyl (C=O) groups excluding carboxylic acids is 1. The van der Waals surface area contributed by atoms with E-state index in [0.29, 0.717) is 12.6 Å². The van der Waals surface area contributed by atoms with Crippen LogP contribution in [0, 0.1) is 5.92 Å². The zero-order chi connectivity index (χ0) is 12.3. The molecule has 0 spiro atoms. The maximum atomic E-state index is 11.4. The standard InChI is InChI=1S/C13H24N2O2/c1-3-17-13(16)14-12-5-4-8-15(9-12)10(2)11-6-7-11/h10-12H,3-9H2,1-2H3,(H,14,16). The minimum Gasteiger partial charge on any atom is -0.450 e. The molecule has 98 valence electrons. The Hall–Kier alpha value is -0.770. The molecule has 1 saturated carbocycles. The number of carbonyl (C=O) groups is 1. The lowest BCUT2D eigenvalue weighted by Crippen LogP contribution is -2.50. The smallest absolute Gasteiger partial charge is 0.407 e. The van der Waals surface area contributed by atoms with E-state index in [2.05, 4.69) is 17.1 Å². The highest BCUT2D eigenvalue weighted by Crippen LogP contribution is 2.35. The number of alkyl carbamates (subject to hydrolysis) is 1. The Bertz CT molecular complexity index is 266. The highest BCUT2D eigenvalue weighted by atomic mass is 16.5. The van der Waals surface area contributed by atoms with E-state index in [4.69, 9.17) is 4.74 Å². The van der Waals surface area contributed by atoms with Crippen molar-refractivity contribution in [3.63, 3.8) is 0 Å². The van der Waals surface area contributed by atoms with Gasteiger partial charge in [-0.1, -0.05) is 0 Å². The van der Waals surface area contributed by atoms with E-state index in [1.54, 1.807) is 0 Å². The van der Waals surface area contributed by atoms with Crippen LogP contribution in [0.25, 0.3) is 0 Å². The quantitative estimate of drug-likeness (QED) is 0.817. The molecule has 1 amide bonds. The van der Waals surface area contributed by atoms with Gasteiger partial charge in [-0.3, -0.25) is 4.90 Å². The van der Waals surface area contributed by atoms with E-state index >= 15 is 0 Å². The molecule has 2 aliphatic rings. The van der Waals surface area contributed by atoms with Gasteiger partial charge in [-0.25, -0.2) is 4.79 Å². The predicted octanol–water partition coefficient (Wildman–Crippen LogP) is 2.00. The van der Waals surface area contributed by atoms with E-state index in [9.17, 15) is 4.79 Å². The van der Waals surface area contributed by atoms with Crippen LogP contribution >= 0.6 is 0 Å². The molecule has 1 N–H and O–H groups in total. The third-order valence-corrected chi connectivity index (χ3v) is 3.93. The molecule has 1 aliphatic carbocycles. The van der Waals surface area contributed by atoms with E-state index in [0.717, 1.165) is 18.9 Å². The average Bonchev–Trinajstić information content (AvgIpc) is 3.12. The van der Waals surface area contributed by atoms with Crippen molar-refractivity contribution in [3.05, 3.63) is 0 Å². The van der Waals surface area contributed by atoms with Crippen LogP contribution in [0.4, 0.5) is 4.79 Å². The SMILES string of the molecule is CCOC(=O)NC1CCCN(C(C)C2CC2)C1. The first kappa shape index (κ1) is 12.7. The number of likely N-dealkylation sites (tertiary alicyclic amines) is 1. The molecule has 0 radical (unpaired) electrons. The molecule has 0 bridgehead atoms. The molecule has 1 aliphatic heterocycles. The van der Waals surface area contributed by atoms with Crippen LogP contribution in [-0.2, 0) is 4.74 Å². The number of nitrogens with one attached hydrogen (secondary N) is 1. The Balaban J connectivity index is 1.77. The fourth-order valence-electron chi connectivity index (χ4n) is 2.71. The minimum atomic E-state index is -0.265. The lowest BCUT2D eigenvalue weighted by Gasteiger charge is -2.37. The molecule has 17 heavy (non-hydrogen) atoms. The van der Waals surface area contributed by atoms with Crippen LogP contribution in [0.3, 0.4) is 0 Å². The number of ether oxygens (including phenoxy) is 1. The van der Waals surface area contributed by atoms with Crippen molar-refractivity contribution in [3.8, 4) is 0 Å². The number of hydrogen-bond acceptors (Lipinski definition) is 3. The molecule has 2 atom stereocenters. The van der Waals surface area contributed by atoms with Crippen molar-refractivity contribution >= 4 is 6.09 Å². The summed E-state index contributed by atoms with van der Waals surface area (Å²) in [4.78, 5) is 13.9. The number of piperidine rings is 1. The maximum Gasteiger partial charge on any atom is 0.407 e. The summed E-state index contributed by atoms with van der Waals surface area (Å²) >= 11 is 0. The highest BCUT2D eigenvalue weighted by molar-refractivity contribution is 5.67. The second-order valence-electron chi connectivity index (χ2n) is 5.28. The molecule has 0 aromatic carbocycles. The van der Waals surface area contributed by atoms with Crippen molar-refractivity contribution < 1.29 is 9.53 Å². The van der Waals surface area contributed by atoms with E-state index in [1.807, 2.05) is 6.92 Å². The first-order valence-electron chi connectivity index (χ1n) is 6.88. The van der Waals surface area contributed by atoms with E-state index in [-0.39, 0.29) is 12.1 Å². The molecule has 0 aromatic rings. The summed E-state index contributed by atoms with van der Waals surface area (Å²) in [5.74, 6) is 0.899. The van der Waals surface area contributed by atoms with Gasteiger partial charge in [-0.2, -0.15) is 0 Å². The number of nitrogens with zero attached hydrogens (tertiary/aromatic N) is 1. The Kier molecular flexibility index (Phi) is 4.26. The van der Waals surface area contributed by atoms with Gasteiger partial charge < -0.3 is 10.1 Å². The number of hydrogen-bond donors (Lipinski definition) is 1. The van der Waals surface area contributed by atoms with Crippen LogP contribution in [0.5, 0.6) is 0 Å². The average molecular weight is 240 g/mol. The first-order chi connectivity index (χ1) is 8.20. The van der Waals surface area contributed by atoms with E-state index < -0.39 is 0 Å². The fourth-order valence-corrected chi connectivity index (χ4v) is 2.71. The van der Waals surface area contributed by atoms with Crippen molar-refractivity contribution in [2.75, 3.05) is 19.7 Å². The zero-order valence-corrected chi connectivity index (χ0v) is 10.9. The molecule has 0 aromatic heterocycles. The van der Waals surface area contributed by atoms with Crippen molar-refractivity contribution in [1.82, 2.24) is 10.2 Å². The summed E-state index contributed by atoms with van der Waals surface area (Å²) in [6.45, 7) is 6.77. The van der Waals surface area contributed by atoms with Gasteiger partial charge in [-0.05, 0) is 52.0 Å². The topological polar surface area (TPSA) is 41.6 Å². The Morgan fingerprint density at radius 2 is 2.24 bits per heavy atom. The summed E-state index contributed by atoms with van der Waals surface area (Å²) in [7, 11) is 0. The van der Waals surface area contributed by atoms with Gasteiger partial charge in [0, 0.05) is 18.6 Å². The van der Waals surface area contributed by atoms with Gasteiger partial charge in [-0.15, -0.1) is 0 Å². The van der Waals surface area contributed by atoms with Gasteiger partial charge in [0.2, 0.25) is 0 Å².